The molecule has 4 nitrogen and oxygen atoms in total. The minimum absolute atomic E-state index is 0.191. The molecule has 2 aromatic rings. The summed E-state index contributed by atoms with van der Waals surface area (Å²) < 4.78 is 1.97. The summed E-state index contributed by atoms with van der Waals surface area (Å²) in [4.78, 5) is 15.6. The second-order valence-electron chi connectivity index (χ2n) is 3.85. The van der Waals surface area contributed by atoms with Crippen LogP contribution in [0.25, 0.3) is 11.0 Å². The number of carbonyl (C=O) groups excluding carboxylic acids is 1. The summed E-state index contributed by atoms with van der Waals surface area (Å²) in [5.74, 6) is 0. The maximum Gasteiger partial charge on any atom is 0.296 e. The molecule has 0 radical (unpaired) electrons. The number of rotatable bonds is 2. The zero-order valence-corrected chi connectivity index (χ0v) is 10.4. The Morgan fingerprint density at radius 3 is 2.82 bits per heavy atom. The van der Waals surface area contributed by atoms with Crippen molar-refractivity contribution in [3.05, 3.63) is 24.3 Å². The molecular weight excluding hydrogens is 234 g/mol. The normalized spacial score (nSPS) is 10.7. The summed E-state index contributed by atoms with van der Waals surface area (Å²) in [5, 5.41) is 8.58. The number of aromatic nitrogens is 2. The standard InChI is InChI=1S/C12H11N3OS/c1-8(2)15-10-6-4-3-5-9(10)14-12(15)17-11(16)7-13/h3-6,8H,1-2H3. The fourth-order valence-electron chi connectivity index (χ4n) is 1.70. The first kappa shape index (κ1) is 11.7. The van der Waals surface area contributed by atoms with Crippen molar-refractivity contribution >= 4 is 27.9 Å². The number of nitrogens with zero attached hydrogens (tertiary/aromatic N) is 3. The summed E-state index contributed by atoms with van der Waals surface area (Å²) in [6.45, 7) is 4.05. The maximum absolute atomic E-state index is 11.2. The van der Waals surface area contributed by atoms with Crippen molar-refractivity contribution in [2.24, 2.45) is 0 Å². The third-order valence-electron chi connectivity index (χ3n) is 2.36. The van der Waals surface area contributed by atoms with Crippen LogP contribution in [0.5, 0.6) is 0 Å². The molecule has 0 saturated heterocycles. The van der Waals surface area contributed by atoms with Crippen LogP contribution in [0.4, 0.5) is 0 Å². The zero-order valence-electron chi connectivity index (χ0n) is 9.54. The summed E-state index contributed by atoms with van der Waals surface area (Å²) in [7, 11) is 0. The molecule has 0 N–H and O–H groups in total. The van der Waals surface area contributed by atoms with Gasteiger partial charge < -0.3 is 4.57 Å². The Morgan fingerprint density at radius 2 is 2.18 bits per heavy atom. The highest BCUT2D eigenvalue weighted by molar-refractivity contribution is 8.14. The lowest BCUT2D eigenvalue weighted by atomic mass is 10.3. The molecule has 0 atom stereocenters. The summed E-state index contributed by atoms with van der Waals surface area (Å²) >= 11 is 0.876. The molecule has 2 rings (SSSR count). The Bertz CT molecular complexity index is 610. The van der Waals surface area contributed by atoms with Gasteiger partial charge in [0.05, 0.1) is 11.0 Å². The van der Waals surface area contributed by atoms with E-state index in [-0.39, 0.29) is 6.04 Å². The molecule has 5 heteroatoms. The fourth-order valence-corrected chi connectivity index (χ4v) is 2.46. The minimum Gasteiger partial charge on any atom is -0.316 e. The second kappa shape index (κ2) is 4.60. The Balaban J connectivity index is 2.58. The molecule has 1 aromatic heterocycles. The number of imidazole rings is 1. The molecule has 0 spiro atoms. The van der Waals surface area contributed by atoms with Crippen LogP contribution in [0.3, 0.4) is 0 Å². The first-order valence-electron chi connectivity index (χ1n) is 5.22. The number of hydrogen-bond donors (Lipinski definition) is 0. The Hall–Kier alpha value is -1.80. The molecule has 1 heterocycles. The van der Waals surface area contributed by atoms with Gasteiger partial charge in [-0.1, -0.05) is 12.1 Å². The van der Waals surface area contributed by atoms with Crippen LogP contribution in [0.2, 0.25) is 0 Å². The summed E-state index contributed by atoms with van der Waals surface area (Å²) in [6.07, 6.45) is 0. The lowest BCUT2D eigenvalue weighted by molar-refractivity contribution is -0.106. The number of fused-ring (bicyclic) bond motifs is 1. The van der Waals surface area contributed by atoms with Gasteiger partial charge in [0.15, 0.2) is 11.2 Å². The van der Waals surface area contributed by atoms with Crippen molar-refractivity contribution in [1.82, 2.24) is 9.55 Å². The summed E-state index contributed by atoms with van der Waals surface area (Å²) in [5.41, 5.74) is 1.82. The zero-order chi connectivity index (χ0) is 12.4. The van der Waals surface area contributed by atoms with E-state index in [1.54, 1.807) is 6.07 Å². The van der Waals surface area contributed by atoms with Gasteiger partial charge in [-0.3, -0.25) is 4.79 Å². The first-order valence-corrected chi connectivity index (χ1v) is 6.04. The van der Waals surface area contributed by atoms with Gasteiger partial charge in [-0.15, -0.1) is 0 Å². The van der Waals surface area contributed by atoms with Crippen molar-refractivity contribution in [2.45, 2.75) is 25.0 Å². The third-order valence-corrected chi connectivity index (χ3v) is 3.10. The molecule has 0 aliphatic carbocycles. The van der Waals surface area contributed by atoms with Gasteiger partial charge in [-0.2, -0.15) is 5.26 Å². The fraction of sp³-hybridized carbons (Fsp3) is 0.250. The molecule has 1 aromatic carbocycles. The molecule has 0 fully saturated rings. The average Bonchev–Trinajstić information content (AvgIpc) is 2.66. The Morgan fingerprint density at radius 1 is 1.47 bits per heavy atom. The van der Waals surface area contributed by atoms with Gasteiger partial charge in [-0.25, -0.2) is 4.98 Å². The monoisotopic (exact) mass is 245 g/mol. The van der Waals surface area contributed by atoms with E-state index in [1.807, 2.05) is 42.7 Å². The van der Waals surface area contributed by atoms with Crippen molar-refractivity contribution in [3.8, 4) is 6.07 Å². The van der Waals surface area contributed by atoms with Crippen molar-refractivity contribution in [3.63, 3.8) is 0 Å². The predicted molar refractivity (Wildman–Crippen MR) is 66.6 cm³/mol. The molecule has 0 unspecified atom stereocenters. The van der Waals surface area contributed by atoms with Gasteiger partial charge in [-0.05, 0) is 26.0 Å². The van der Waals surface area contributed by atoms with Crippen molar-refractivity contribution in [2.75, 3.05) is 0 Å². The van der Waals surface area contributed by atoms with Crippen LogP contribution in [0.15, 0.2) is 29.4 Å². The first-order chi connectivity index (χ1) is 8.13. The Kier molecular flexibility index (Phi) is 3.16. The molecule has 0 amide bonds. The lowest BCUT2D eigenvalue weighted by Crippen LogP contribution is -2.03. The molecule has 0 aliphatic heterocycles. The average molecular weight is 245 g/mol. The van der Waals surface area contributed by atoms with E-state index < -0.39 is 5.12 Å². The van der Waals surface area contributed by atoms with Gasteiger partial charge in [0.25, 0.3) is 5.12 Å². The number of nitriles is 1. The minimum atomic E-state index is -0.540. The molecule has 0 saturated carbocycles. The van der Waals surface area contributed by atoms with E-state index in [0.717, 1.165) is 22.8 Å². The van der Waals surface area contributed by atoms with Crippen LogP contribution in [0, 0.1) is 11.3 Å². The van der Waals surface area contributed by atoms with E-state index in [4.69, 9.17) is 5.26 Å². The van der Waals surface area contributed by atoms with Crippen LogP contribution in [-0.4, -0.2) is 14.7 Å². The van der Waals surface area contributed by atoms with Gasteiger partial charge in [0.1, 0.15) is 0 Å². The quantitative estimate of drug-likeness (QED) is 0.603. The van der Waals surface area contributed by atoms with E-state index in [0.29, 0.717) is 5.16 Å². The highest BCUT2D eigenvalue weighted by atomic mass is 32.2. The highest BCUT2D eigenvalue weighted by Gasteiger charge is 2.16. The Labute approximate surface area is 103 Å². The molecule has 17 heavy (non-hydrogen) atoms. The number of para-hydroxylation sites is 2. The second-order valence-corrected chi connectivity index (χ2v) is 4.79. The maximum atomic E-state index is 11.2. The predicted octanol–water partition coefficient (Wildman–Crippen LogP) is 2.76. The van der Waals surface area contributed by atoms with Crippen LogP contribution < -0.4 is 0 Å². The third kappa shape index (κ3) is 2.17. The molecule has 0 aliphatic rings. The van der Waals surface area contributed by atoms with Gasteiger partial charge >= 0.3 is 0 Å². The number of benzene rings is 1. The van der Waals surface area contributed by atoms with Crippen LogP contribution >= 0.6 is 11.8 Å². The van der Waals surface area contributed by atoms with E-state index in [2.05, 4.69) is 4.98 Å². The van der Waals surface area contributed by atoms with Crippen molar-refractivity contribution in [1.29, 1.82) is 5.26 Å². The van der Waals surface area contributed by atoms with Gasteiger partial charge in [0.2, 0.25) is 0 Å². The van der Waals surface area contributed by atoms with Crippen LogP contribution in [0.1, 0.15) is 19.9 Å². The largest absolute Gasteiger partial charge is 0.316 e. The topological polar surface area (TPSA) is 58.7 Å². The smallest absolute Gasteiger partial charge is 0.296 e. The van der Waals surface area contributed by atoms with Crippen molar-refractivity contribution < 1.29 is 4.79 Å². The molecule has 86 valence electrons. The molecule has 0 bridgehead atoms. The summed E-state index contributed by atoms with van der Waals surface area (Å²) in [6, 6.07) is 9.48. The number of carbonyl (C=O) groups is 1. The van der Waals surface area contributed by atoms with E-state index >= 15 is 0 Å². The number of thioether (sulfide) groups is 1. The SMILES string of the molecule is CC(C)n1c(SC(=O)C#N)nc2ccccc21. The lowest BCUT2D eigenvalue weighted by Gasteiger charge is -2.10. The van der Waals surface area contributed by atoms with E-state index in [1.165, 1.54) is 0 Å². The van der Waals surface area contributed by atoms with Gasteiger partial charge in [0, 0.05) is 17.8 Å². The highest BCUT2D eigenvalue weighted by Crippen LogP contribution is 2.27. The van der Waals surface area contributed by atoms with Crippen LogP contribution in [-0.2, 0) is 4.79 Å². The molecular formula is C12H11N3OS. The number of hydrogen-bond acceptors (Lipinski definition) is 4. The van der Waals surface area contributed by atoms with E-state index in [9.17, 15) is 4.79 Å².